The average Bonchev–Trinajstić information content (AvgIpc) is 3.59. The Morgan fingerprint density at radius 1 is 1.10 bits per heavy atom. The van der Waals surface area contributed by atoms with Crippen LogP contribution in [0.5, 0.6) is 0 Å². The van der Waals surface area contributed by atoms with Gasteiger partial charge in [-0.1, -0.05) is 61.2 Å². The Labute approximate surface area is 237 Å². The van der Waals surface area contributed by atoms with Gasteiger partial charge in [0.15, 0.2) is 5.58 Å². The summed E-state index contributed by atoms with van der Waals surface area (Å²) >= 11 is -1.44. The van der Waals surface area contributed by atoms with Gasteiger partial charge < -0.3 is 9.08 Å². The van der Waals surface area contributed by atoms with E-state index in [4.69, 9.17) is 9.51 Å². The van der Waals surface area contributed by atoms with Crippen LogP contribution in [0.3, 0.4) is 0 Å². The van der Waals surface area contributed by atoms with Crippen LogP contribution in [-0.2, 0) is 17.8 Å². The second-order valence-corrected chi connectivity index (χ2v) is 19.0. The van der Waals surface area contributed by atoms with E-state index in [1.165, 1.54) is 0 Å². The zero-order chi connectivity index (χ0) is 28.7. The van der Waals surface area contributed by atoms with Crippen molar-refractivity contribution in [2.45, 2.75) is 57.6 Å². The smallest absolute Gasteiger partial charge is 0.167 e. The fourth-order valence-electron chi connectivity index (χ4n) is 4.61. The molecule has 0 aliphatic carbocycles. The molecule has 1 unspecified atom stereocenters. The minimum Gasteiger partial charge on any atom is -0.598 e. The number of fused-ring (bicyclic) bond motifs is 1. The van der Waals surface area contributed by atoms with E-state index in [0.717, 1.165) is 22.1 Å². The molecule has 40 heavy (non-hydrogen) atoms. The Balaban J connectivity index is 1.66. The standard InChI is InChI=1S/C30H34FN5O2SSi/c1-30(2,3)39(37)36-24(20-11-7-8-12-21(20)29-22-13-9-10-14-26(22)38-35-29)15-25-28(31)27(40(4,5)6)16-23(34-25)19-17-32-33-18-19/h7-14,16-18,24,36H,15H2,1-6H3,(H,32,33)/t24?,39-/m0/s1. The Kier molecular flexibility index (Phi) is 7.71. The first kappa shape index (κ1) is 28.2. The molecule has 5 aromatic rings. The second kappa shape index (κ2) is 10.9. The molecule has 0 aliphatic heterocycles. The maximum absolute atomic E-state index is 16.2. The van der Waals surface area contributed by atoms with Crippen LogP contribution in [0.15, 0.2) is 71.5 Å². The summed E-state index contributed by atoms with van der Waals surface area (Å²) in [5.41, 5.74) is 4.79. The van der Waals surface area contributed by atoms with Crippen molar-refractivity contribution < 1.29 is 13.5 Å². The lowest BCUT2D eigenvalue weighted by Crippen LogP contribution is -2.43. The molecule has 3 aromatic heterocycles. The zero-order valence-corrected chi connectivity index (χ0v) is 25.4. The SMILES string of the molecule is CC(C)(C)[S@+]([O-])NC(Cc1nc(-c2cn[nH]c2)cc([Si](C)(C)C)c1F)c1ccccc1-c1noc2ccccc12. The van der Waals surface area contributed by atoms with Crippen LogP contribution in [-0.4, -0.2) is 37.7 Å². The molecule has 0 spiro atoms. The van der Waals surface area contributed by atoms with Crippen molar-refractivity contribution in [3.8, 4) is 22.5 Å². The summed E-state index contributed by atoms with van der Waals surface area (Å²) in [6.07, 6.45) is 3.63. The topological polar surface area (TPSA) is 103 Å². The van der Waals surface area contributed by atoms with Gasteiger partial charge in [0.05, 0.1) is 31.7 Å². The highest BCUT2D eigenvalue weighted by Gasteiger charge is 2.33. The molecule has 10 heteroatoms. The van der Waals surface area contributed by atoms with Crippen LogP contribution in [0.1, 0.15) is 38.1 Å². The average molecular weight is 576 g/mol. The van der Waals surface area contributed by atoms with Crippen LogP contribution >= 0.6 is 0 Å². The molecule has 2 atom stereocenters. The van der Waals surface area contributed by atoms with E-state index in [0.29, 0.717) is 27.9 Å². The van der Waals surface area contributed by atoms with Gasteiger partial charge in [-0.3, -0.25) is 5.10 Å². The summed E-state index contributed by atoms with van der Waals surface area (Å²) in [6, 6.07) is 16.8. The summed E-state index contributed by atoms with van der Waals surface area (Å²) in [7, 11) is -2.08. The fraction of sp³-hybridized carbons (Fsp3) is 0.300. The molecule has 0 saturated carbocycles. The van der Waals surface area contributed by atoms with Crippen LogP contribution in [0, 0.1) is 5.82 Å². The predicted molar refractivity (Wildman–Crippen MR) is 162 cm³/mol. The number of hydrogen-bond acceptors (Lipinski definition) is 6. The molecule has 0 radical (unpaired) electrons. The number of rotatable bonds is 8. The van der Waals surface area contributed by atoms with E-state index in [1.54, 1.807) is 12.4 Å². The number of hydrogen-bond donors (Lipinski definition) is 2. The van der Waals surface area contributed by atoms with E-state index >= 15 is 4.39 Å². The third kappa shape index (κ3) is 5.76. The lowest BCUT2D eigenvalue weighted by molar-refractivity contribution is 0.459. The van der Waals surface area contributed by atoms with Gasteiger partial charge >= 0.3 is 0 Å². The van der Waals surface area contributed by atoms with Crippen molar-refractivity contribution in [2.75, 3.05) is 0 Å². The van der Waals surface area contributed by atoms with Gasteiger partial charge in [0, 0.05) is 40.5 Å². The van der Waals surface area contributed by atoms with Gasteiger partial charge in [-0.25, -0.2) is 9.37 Å². The number of pyridine rings is 1. The first-order valence-electron chi connectivity index (χ1n) is 13.2. The molecule has 0 saturated heterocycles. The van der Waals surface area contributed by atoms with Crippen molar-refractivity contribution in [1.82, 2.24) is 25.1 Å². The maximum atomic E-state index is 16.2. The molecule has 0 fully saturated rings. The molecular formula is C30H34FN5O2SSi. The first-order valence-corrected chi connectivity index (χ1v) is 17.9. The summed E-state index contributed by atoms with van der Waals surface area (Å²) in [5, 5.41) is 12.8. The molecule has 0 bridgehead atoms. The largest absolute Gasteiger partial charge is 0.598 e. The molecule has 0 aliphatic rings. The molecule has 7 nitrogen and oxygen atoms in total. The number of nitrogens with zero attached hydrogens (tertiary/aromatic N) is 3. The van der Waals surface area contributed by atoms with Crippen molar-refractivity contribution in [3.05, 3.63) is 84.1 Å². The number of H-pyrrole nitrogens is 1. The lowest BCUT2D eigenvalue weighted by Gasteiger charge is -2.29. The van der Waals surface area contributed by atoms with Gasteiger partial charge in [0.1, 0.15) is 16.3 Å². The number of halogens is 1. The van der Waals surface area contributed by atoms with Crippen molar-refractivity contribution in [1.29, 1.82) is 0 Å². The number of aromatic nitrogens is 4. The van der Waals surface area contributed by atoms with Crippen LogP contribution in [0.4, 0.5) is 4.39 Å². The number of aromatic amines is 1. The van der Waals surface area contributed by atoms with Gasteiger partial charge in [-0.2, -0.15) is 5.10 Å². The highest BCUT2D eigenvalue weighted by atomic mass is 32.2. The molecule has 2 aromatic carbocycles. The third-order valence-electron chi connectivity index (χ3n) is 6.80. The quantitative estimate of drug-likeness (QED) is 0.166. The molecule has 2 N–H and O–H groups in total. The zero-order valence-electron chi connectivity index (χ0n) is 23.6. The fourth-order valence-corrected chi connectivity index (χ4v) is 6.81. The van der Waals surface area contributed by atoms with Gasteiger partial charge in [-0.15, -0.1) is 4.72 Å². The number of benzene rings is 2. The number of nitrogens with one attached hydrogen (secondary N) is 2. The van der Waals surface area contributed by atoms with E-state index < -0.39 is 30.2 Å². The predicted octanol–water partition coefficient (Wildman–Crippen LogP) is 6.30. The molecule has 0 amide bonds. The number of para-hydroxylation sites is 1. The van der Waals surface area contributed by atoms with Crippen LogP contribution in [0.2, 0.25) is 19.6 Å². The second-order valence-electron chi connectivity index (χ2n) is 11.9. The van der Waals surface area contributed by atoms with Crippen molar-refractivity contribution in [2.24, 2.45) is 0 Å². The monoisotopic (exact) mass is 575 g/mol. The van der Waals surface area contributed by atoms with Crippen LogP contribution < -0.4 is 9.91 Å². The Hall–Kier alpha value is -3.31. The summed E-state index contributed by atoms with van der Waals surface area (Å²) in [5.74, 6) is -0.302. The Morgan fingerprint density at radius 2 is 1.82 bits per heavy atom. The summed E-state index contributed by atoms with van der Waals surface area (Å²) in [4.78, 5) is 4.78. The van der Waals surface area contributed by atoms with Gasteiger partial charge in [0.25, 0.3) is 0 Å². The summed E-state index contributed by atoms with van der Waals surface area (Å²) < 4.78 is 38.1. The summed E-state index contributed by atoms with van der Waals surface area (Å²) in [6.45, 7) is 12.1. The lowest BCUT2D eigenvalue weighted by atomic mass is 9.94. The normalized spacial score (nSPS) is 14.0. The van der Waals surface area contributed by atoms with Crippen LogP contribution in [0.25, 0.3) is 33.5 Å². The highest BCUT2D eigenvalue weighted by Crippen LogP contribution is 2.35. The van der Waals surface area contributed by atoms with E-state index in [1.807, 2.05) is 75.4 Å². The minimum absolute atomic E-state index is 0.184. The highest BCUT2D eigenvalue weighted by molar-refractivity contribution is 7.90. The van der Waals surface area contributed by atoms with Crippen molar-refractivity contribution >= 4 is 35.6 Å². The molecule has 5 rings (SSSR count). The van der Waals surface area contributed by atoms with Gasteiger partial charge in [0.2, 0.25) is 0 Å². The molecule has 3 heterocycles. The molecule has 208 valence electrons. The van der Waals surface area contributed by atoms with E-state index in [-0.39, 0.29) is 12.2 Å². The first-order chi connectivity index (χ1) is 18.9. The molecular weight excluding hydrogens is 542 g/mol. The van der Waals surface area contributed by atoms with E-state index in [9.17, 15) is 4.55 Å². The maximum Gasteiger partial charge on any atom is 0.167 e. The Bertz CT molecular complexity index is 1630. The Morgan fingerprint density at radius 3 is 2.52 bits per heavy atom. The van der Waals surface area contributed by atoms with E-state index in [2.05, 4.69) is 39.7 Å². The third-order valence-corrected chi connectivity index (χ3v) is 10.4. The van der Waals surface area contributed by atoms with Gasteiger partial charge in [-0.05, 0) is 49.7 Å². The minimum atomic E-state index is -2.08. The van der Waals surface area contributed by atoms with Crippen molar-refractivity contribution in [3.63, 3.8) is 0 Å².